The van der Waals surface area contributed by atoms with Gasteiger partial charge in [-0.25, -0.2) is 8.42 Å². The molecule has 0 aromatic carbocycles. The van der Waals surface area contributed by atoms with Gasteiger partial charge in [0, 0.05) is 32.7 Å². The monoisotopic (exact) mass is 533 g/mol. The predicted molar refractivity (Wildman–Crippen MR) is 122 cm³/mol. The summed E-state index contributed by atoms with van der Waals surface area (Å²) in [6, 6.07) is 0. The summed E-state index contributed by atoms with van der Waals surface area (Å²) in [5, 5.41) is 3.20. The Labute approximate surface area is 186 Å². The minimum atomic E-state index is -3.33. The SMILES string of the molecule is CCNC(=NCC(C)(C)C(N)=O)N1CCN(S(=O)(=O)CCOC(C)C)CC1.I. The van der Waals surface area contributed by atoms with E-state index >= 15 is 0 Å². The van der Waals surface area contributed by atoms with Gasteiger partial charge in [0.15, 0.2) is 5.96 Å². The second-order valence-corrected chi connectivity index (χ2v) is 9.63. The summed E-state index contributed by atoms with van der Waals surface area (Å²) in [5.74, 6) is 0.264. The molecule has 1 aliphatic rings. The van der Waals surface area contributed by atoms with E-state index in [2.05, 4.69) is 10.3 Å². The van der Waals surface area contributed by atoms with Crippen molar-refractivity contribution in [1.82, 2.24) is 14.5 Å². The lowest BCUT2D eigenvalue weighted by Gasteiger charge is -2.36. The Kier molecular flexibility index (Phi) is 11.8. The standard InChI is InChI=1S/C17H35N5O4S.HI/c1-6-19-16(20-13-17(4,5)15(18)23)21-7-9-22(10-8-21)27(24,25)12-11-26-14(2)3;/h14H,6-13H2,1-5H3,(H2,18,23)(H,19,20);1H. The predicted octanol–water partition coefficient (Wildman–Crippen LogP) is 0.454. The maximum absolute atomic E-state index is 12.4. The van der Waals surface area contributed by atoms with Gasteiger partial charge in [0.1, 0.15) is 0 Å². The number of rotatable bonds is 9. The molecule has 0 spiro atoms. The smallest absolute Gasteiger partial charge is 0.224 e. The summed E-state index contributed by atoms with van der Waals surface area (Å²) < 4.78 is 31.7. The first-order valence-corrected chi connectivity index (χ1v) is 11.0. The molecule has 166 valence electrons. The number of aliphatic imine (C=N–C) groups is 1. The molecular weight excluding hydrogens is 497 g/mol. The van der Waals surface area contributed by atoms with Gasteiger partial charge in [-0.2, -0.15) is 4.31 Å². The number of halogens is 1. The summed E-state index contributed by atoms with van der Waals surface area (Å²) in [6.45, 7) is 12.3. The number of carbonyl (C=O) groups excluding carboxylic acids is 1. The zero-order valence-electron chi connectivity index (χ0n) is 17.6. The van der Waals surface area contributed by atoms with Crippen LogP contribution in [0.3, 0.4) is 0 Å². The number of carbonyl (C=O) groups is 1. The Morgan fingerprint density at radius 3 is 2.29 bits per heavy atom. The molecule has 0 saturated carbocycles. The van der Waals surface area contributed by atoms with E-state index in [4.69, 9.17) is 10.5 Å². The normalized spacial score (nSPS) is 16.8. The van der Waals surface area contributed by atoms with E-state index < -0.39 is 21.3 Å². The van der Waals surface area contributed by atoms with E-state index in [9.17, 15) is 13.2 Å². The van der Waals surface area contributed by atoms with Crippen molar-refractivity contribution in [2.24, 2.45) is 16.1 Å². The molecule has 1 rings (SSSR count). The average molecular weight is 533 g/mol. The van der Waals surface area contributed by atoms with Gasteiger partial charge < -0.3 is 20.7 Å². The maximum atomic E-state index is 12.4. The molecule has 0 atom stereocenters. The molecule has 0 unspecified atom stereocenters. The fraction of sp³-hybridized carbons (Fsp3) is 0.882. The number of piperazine rings is 1. The molecular formula is C17H36IN5O4S. The summed E-state index contributed by atoms with van der Waals surface area (Å²) >= 11 is 0. The van der Waals surface area contributed by atoms with E-state index in [0.717, 1.165) is 0 Å². The van der Waals surface area contributed by atoms with Crippen LogP contribution in [0.15, 0.2) is 4.99 Å². The van der Waals surface area contributed by atoms with Crippen molar-refractivity contribution in [2.75, 3.05) is 51.6 Å². The Bertz CT molecular complexity index is 617. The number of nitrogens with zero attached hydrogens (tertiary/aromatic N) is 3. The van der Waals surface area contributed by atoms with Gasteiger partial charge in [-0.05, 0) is 34.6 Å². The second-order valence-electron chi connectivity index (χ2n) is 7.54. The summed E-state index contributed by atoms with van der Waals surface area (Å²) in [4.78, 5) is 18.0. The van der Waals surface area contributed by atoms with Crippen LogP contribution in [0.1, 0.15) is 34.6 Å². The number of nitrogens with one attached hydrogen (secondary N) is 1. The van der Waals surface area contributed by atoms with Gasteiger partial charge in [0.2, 0.25) is 15.9 Å². The molecule has 9 nitrogen and oxygen atoms in total. The summed E-state index contributed by atoms with van der Waals surface area (Å²) in [6.07, 6.45) is 0.0144. The molecule has 1 amide bonds. The van der Waals surface area contributed by atoms with Crippen LogP contribution in [0.2, 0.25) is 0 Å². The third-order valence-electron chi connectivity index (χ3n) is 4.35. The number of ether oxygens (including phenoxy) is 1. The second kappa shape index (κ2) is 12.1. The Morgan fingerprint density at radius 1 is 1.25 bits per heavy atom. The van der Waals surface area contributed by atoms with Gasteiger partial charge in [-0.3, -0.25) is 9.79 Å². The van der Waals surface area contributed by atoms with Crippen LogP contribution in [0, 0.1) is 5.41 Å². The van der Waals surface area contributed by atoms with Crippen molar-refractivity contribution in [1.29, 1.82) is 0 Å². The largest absolute Gasteiger partial charge is 0.378 e. The van der Waals surface area contributed by atoms with Crippen LogP contribution < -0.4 is 11.1 Å². The molecule has 1 aliphatic heterocycles. The van der Waals surface area contributed by atoms with Crippen molar-refractivity contribution in [2.45, 2.75) is 40.7 Å². The van der Waals surface area contributed by atoms with E-state index in [0.29, 0.717) is 38.7 Å². The number of sulfonamides is 1. The third kappa shape index (κ3) is 8.78. The van der Waals surface area contributed by atoms with Crippen molar-refractivity contribution in [3.63, 3.8) is 0 Å². The number of hydrogen-bond acceptors (Lipinski definition) is 5. The molecule has 1 fully saturated rings. The molecule has 0 aromatic rings. The molecule has 0 radical (unpaired) electrons. The van der Waals surface area contributed by atoms with E-state index in [1.54, 1.807) is 13.8 Å². The first-order chi connectivity index (χ1) is 12.5. The molecule has 0 aliphatic carbocycles. The minimum absolute atomic E-state index is 0. The lowest BCUT2D eigenvalue weighted by atomic mass is 9.93. The fourth-order valence-electron chi connectivity index (χ4n) is 2.47. The fourth-order valence-corrected chi connectivity index (χ4v) is 3.76. The van der Waals surface area contributed by atoms with Crippen LogP contribution in [-0.4, -0.2) is 87.2 Å². The van der Waals surface area contributed by atoms with Crippen LogP contribution in [0.5, 0.6) is 0 Å². The molecule has 28 heavy (non-hydrogen) atoms. The average Bonchev–Trinajstić information content (AvgIpc) is 2.58. The number of nitrogens with two attached hydrogens (primary N) is 1. The summed E-state index contributed by atoms with van der Waals surface area (Å²) in [5.41, 5.74) is 4.67. The molecule has 0 bridgehead atoms. The topological polar surface area (TPSA) is 117 Å². The highest BCUT2D eigenvalue weighted by Gasteiger charge is 2.29. The maximum Gasteiger partial charge on any atom is 0.224 e. The van der Waals surface area contributed by atoms with Gasteiger partial charge in [-0.1, -0.05) is 0 Å². The Morgan fingerprint density at radius 2 is 1.82 bits per heavy atom. The first-order valence-electron chi connectivity index (χ1n) is 9.42. The van der Waals surface area contributed by atoms with E-state index in [-0.39, 0.29) is 49.0 Å². The van der Waals surface area contributed by atoms with Gasteiger partial charge in [0.05, 0.1) is 30.4 Å². The van der Waals surface area contributed by atoms with Gasteiger partial charge in [-0.15, -0.1) is 24.0 Å². The highest BCUT2D eigenvalue weighted by atomic mass is 127. The number of guanidine groups is 1. The third-order valence-corrected chi connectivity index (χ3v) is 6.18. The van der Waals surface area contributed by atoms with Crippen molar-refractivity contribution in [3.05, 3.63) is 0 Å². The minimum Gasteiger partial charge on any atom is -0.378 e. The summed E-state index contributed by atoms with van der Waals surface area (Å²) in [7, 11) is -3.33. The molecule has 1 heterocycles. The van der Waals surface area contributed by atoms with Crippen LogP contribution >= 0.6 is 24.0 Å². The quantitative estimate of drug-likeness (QED) is 0.253. The lowest BCUT2D eigenvalue weighted by Crippen LogP contribution is -2.54. The van der Waals surface area contributed by atoms with E-state index in [1.807, 2.05) is 25.7 Å². The van der Waals surface area contributed by atoms with Crippen molar-refractivity contribution >= 4 is 45.9 Å². The highest BCUT2D eigenvalue weighted by molar-refractivity contribution is 14.0. The van der Waals surface area contributed by atoms with Gasteiger partial charge >= 0.3 is 0 Å². The Balaban J connectivity index is 0.00000729. The van der Waals surface area contributed by atoms with Crippen LogP contribution in [0.4, 0.5) is 0 Å². The zero-order valence-corrected chi connectivity index (χ0v) is 20.7. The molecule has 11 heteroatoms. The van der Waals surface area contributed by atoms with E-state index in [1.165, 1.54) is 4.31 Å². The number of hydrogen-bond donors (Lipinski definition) is 2. The first kappa shape index (κ1) is 27.3. The molecule has 3 N–H and O–H groups in total. The zero-order chi connectivity index (χ0) is 20.7. The van der Waals surface area contributed by atoms with Crippen molar-refractivity contribution in [3.8, 4) is 0 Å². The van der Waals surface area contributed by atoms with Crippen LogP contribution in [0.25, 0.3) is 0 Å². The Hall–Kier alpha value is -0.660. The van der Waals surface area contributed by atoms with Crippen molar-refractivity contribution < 1.29 is 17.9 Å². The molecule has 1 saturated heterocycles. The van der Waals surface area contributed by atoms with Crippen LogP contribution in [-0.2, 0) is 19.6 Å². The lowest BCUT2D eigenvalue weighted by molar-refractivity contribution is -0.125. The number of amides is 1. The molecule has 0 aromatic heterocycles. The van der Waals surface area contributed by atoms with Gasteiger partial charge in [0.25, 0.3) is 0 Å². The number of primary amides is 1. The highest BCUT2D eigenvalue weighted by Crippen LogP contribution is 2.15.